The first kappa shape index (κ1) is 14.9. The van der Waals surface area contributed by atoms with Crippen molar-refractivity contribution in [3.63, 3.8) is 0 Å². The highest BCUT2D eigenvalue weighted by molar-refractivity contribution is 7.16. The maximum Gasteiger partial charge on any atom is 0.292 e. The van der Waals surface area contributed by atoms with E-state index in [1.165, 1.54) is 13.2 Å². The quantitative estimate of drug-likeness (QED) is 0.713. The Hall–Kier alpha value is -2.68. The number of aromatic nitrogens is 3. The zero-order valence-corrected chi connectivity index (χ0v) is 13.8. The van der Waals surface area contributed by atoms with E-state index in [4.69, 9.17) is 9.26 Å². The van der Waals surface area contributed by atoms with Gasteiger partial charge in [0.2, 0.25) is 5.76 Å². The minimum absolute atomic E-state index is 0.172. The lowest BCUT2D eigenvalue weighted by Crippen LogP contribution is -2.49. The van der Waals surface area contributed by atoms with E-state index in [1.54, 1.807) is 22.6 Å². The lowest BCUT2D eigenvalue weighted by Gasteiger charge is -2.35. The fourth-order valence-electron chi connectivity index (χ4n) is 2.76. The van der Waals surface area contributed by atoms with Crippen LogP contribution in [0.5, 0.6) is 5.88 Å². The van der Waals surface area contributed by atoms with Crippen molar-refractivity contribution in [2.75, 3.05) is 38.2 Å². The Morgan fingerprint density at radius 2 is 2.12 bits per heavy atom. The molecule has 1 saturated heterocycles. The van der Waals surface area contributed by atoms with Gasteiger partial charge in [-0.2, -0.15) is 0 Å². The Morgan fingerprint density at radius 1 is 1.29 bits per heavy atom. The monoisotopic (exact) mass is 345 g/mol. The van der Waals surface area contributed by atoms with Gasteiger partial charge in [-0.05, 0) is 16.6 Å². The summed E-state index contributed by atoms with van der Waals surface area (Å²) >= 11 is 1.60. The zero-order chi connectivity index (χ0) is 16.5. The average molecular weight is 345 g/mol. The van der Waals surface area contributed by atoms with Crippen molar-refractivity contribution in [3.8, 4) is 5.88 Å². The van der Waals surface area contributed by atoms with E-state index in [-0.39, 0.29) is 11.7 Å². The van der Waals surface area contributed by atoms with Gasteiger partial charge in [0.1, 0.15) is 17.0 Å². The van der Waals surface area contributed by atoms with E-state index in [1.807, 2.05) is 11.4 Å². The van der Waals surface area contributed by atoms with Crippen molar-refractivity contribution in [2.45, 2.75) is 0 Å². The molecule has 1 aliphatic heterocycles. The number of piperazine rings is 1. The number of thiophene rings is 1. The van der Waals surface area contributed by atoms with Gasteiger partial charge in [-0.15, -0.1) is 11.3 Å². The molecular weight excluding hydrogens is 330 g/mol. The van der Waals surface area contributed by atoms with Gasteiger partial charge in [-0.1, -0.05) is 0 Å². The molecule has 0 aliphatic carbocycles. The standard InChI is InChI=1S/C15H15N5O3S/c1-22-12-8-11(23-18-12)15(21)20-5-3-19(4-6-20)13-10-2-7-24-14(10)17-9-16-13/h2,7-9H,3-6H2,1H3. The van der Waals surface area contributed by atoms with Crippen LogP contribution in [-0.4, -0.2) is 59.2 Å². The smallest absolute Gasteiger partial charge is 0.292 e. The lowest BCUT2D eigenvalue weighted by molar-refractivity contribution is 0.0704. The second-order valence-corrected chi connectivity index (χ2v) is 6.24. The molecule has 0 radical (unpaired) electrons. The van der Waals surface area contributed by atoms with Crippen molar-refractivity contribution in [3.05, 3.63) is 29.6 Å². The number of ether oxygens (including phenoxy) is 1. The van der Waals surface area contributed by atoms with Crippen LogP contribution >= 0.6 is 11.3 Å². The first-order valence-electron chi connectivity index (χ1n) is 7.49. The molecule has 124 valence electrons. The van der Waals surface area contributed by atoms with Crippen molar-refractivity contribution < 1.29 is 14.1 Å². The molecular formula is C15H15N5O3S. The molecule has 8 nitrogen and oxygen atoms in total. The van der Waals surface area contributed by atoms with Gasteiger partial charge in [0.25, 0.3) is 11.8 Å². The Labute approximate surface area is 141 Å². The summed E-state index contributed by atoms with van der Waals surface area (Å²) in [5.41, 5.74) is 0. The molecule has 1 fully saturated rings. The molecule has 0 aromatic carbocycles. The van der Waals surface area contributed by atoms with Crippen LogP contribution in [0.1, 0.15) is 10.6 Å². The Bertz CT molecular complexity index is 869. The van der Waals surface area contributed by atoms with E-state index in [9.17, 15) is 4.79 Å². The average Bonchev–Trinajstić information content (AvgIpc) is 3.30. The number of carbonyl (C=O) groups is 1. The lowest BCUT2D eigenvalue weighted by atomic mass is 10.2. The van der Waals surface area contributed by atoms with Gasteiger partial charge in [-0.3, -0.25) is 4.79 Å². The molecule has 1 aliphatic rings. The molecule has 0 unspecified atom stereocenters. The third-order valence-corrected chi connectivity index (χ3v) is 4.84. The number of hydrogen-bond acceptors (Lipinski definition) is 8. The van der Waals surface area contributed by atoms with Crippen LogP contribution in [0.2, 0.25) is 0 Å². The summed E-state index contributed by atoms with van der Waals surface area (Å²) in [7, 11) is 1.48. The van der Waals surface area contributed by atoms with Gasteiger partial charge < -0.3 is 19.1 Å². The van der Waals surface area contributed by atoms with Crippen LogP contribution in [0.25, 0.3) is 10.2 Å². The minimum Gasteiger partial charge on any atom is -0.479 e. The number of nitrogens with zero attached hydrogens (tertiary/aromatic N) is 5. The Morgan fingerprint density at radius 3 is 2.88 bits per heavy atom. The molecule has 0 saturated carbocycles. The Kier molecular flexibility index (Phi) is 3.77. The van der Waals surface area contributed by atoms with Crippen LogP contribution in [0, 0.1) is 0 Å². The van der Waals surface area contributed by atoms with Crippen LogP contribution in [0.15, 0.2) is 28.4 Å². The van der Waals surface area contributed by atoms with E-state index < -0.39 is 0 Å². The molecule has 3 aromatic rings. The second-order valence-electron chi connectivity index (χ2n) is 5.35. The summed E-state index contributed by atoms with van der Waals surface area (Å²) in [6, 6.07) is 3.54. The van der Waals surface area contributed by atoms with Crippen LogP contribution in [-0.2, 0) is 0 Å². The molecule has 3 aromatic heterocycles. The summed E-state index contributed by atoms with van der Waals surface area (Å²) in [6.45, 7) is 2.60. The number of carbonyl (C=O) groups excluding carboxylic acids is 1. The van der Waals surface area contributed by atoms with Crippen molar-refractivity contribution in [2.24, 2.45) is 0 Å². The Balaban J connectivity index is 1.47. The third-order valence-electron chi connectivity index (χ3n) is 4.02. The first-order valence-corrected chi connectivity index (χ1v) is 8.37. The summed E-state index contributed by atoms with van der Waals surface area (Å²) in [5.74, 6) is 1.25. The van der Waals surface area contributed by atoms with Gasteiger partial charge in [-0.25, -0.2) is 9.97 Å². The number of methoxy groups -OCH3 is 1. The van der Waals surface area contributed by atoms with Crippen LogP contribution in [0.3, 0.4) is 0 Å². The summed E-state index contributed by atoms with van der Waals surface area (Å²) < 4.78 is 9.97. The first-order chi connectivity index (χ1) is 11.8. The molecule has 4 rings (SSSR count). The molecule has 24 heavy (non-hydrogen) atoms. The molecule has 1 amide bonds. The fraction of sp³-hybridized carbons (Fsp3) is 0.333. The highest BCUT2D eigenvalue weighted by Crippen LogP contribution is 2.27. The molecule has 4 heterocycles. The maximum absolute atomic E-state index is 12.4. The number of amides is 1. The van der Waals surface area contributed by atoms with Crippen molar-refractivity contribution >= 4 is 33.3 Å². The normalized spacial score (nSPS) is 15.0. The van der Waals surface area contributed by atoms with E-state index in [0.29, 0.717) is 32.1 Å². The molecule has 0 N–H and O–H groups in total. The van der Waals surface area contributed by atoms with Gasteiger partial charge in [0.05, 0.1) is 18.6 Å². The van der Waals surface area contributed by atoms with Crippen molar-refractivity contribution in [1.82, 2.24) is 20.0 Å². The van der Waals surface area contributed by atoms with E-state index >= 15 is 0 Å². The van der Waals surface area contributed by atoms with E-state index in [0.717, 1.165) is 16.0 Å². The number of hydrogen-bond donors (Lipinski definition) is 0. The van der Waals surface area contributed by atoms with Gasteiger partial charge in [0.15, 0.2) is 0 Å². The molecule has 0 spiro atoms. The van der Waals surface area contributed by atoms with Gasteiger partial charge in [0, 0.05) is 26.2 Å². The van der Waals surface area contributed by atoms with Crippen molar-refractivity contribution in [1.29, 1.82) is 0 Å². The minimum atomic E-state index is -0.172. The predicted molar refractivity (Wildman–Crippen MR) is 88.6 cm³/mol. The molecule has 9 heteroatoms. The van der Waals surface area contributed by atoms with Crippen LogP contribution in [0.4, 0.5) is 5.82 Å². The SMILES string of the molecule is COc1cc(C(=O)N2CCN(c3ncnc4sccc34)CC2)on1. The predicted octanol–water partition coefficient (Wildman–Crippen LogP) is 1.65. The largest absolute Gasteiger partial charge is 0.479 e. The van der Waals surface area contributed by atoms with E-state index in [2.05, 4.69) is 20.0 Å². The third kappa shape index (κ3) is 2.56. The summed E-state index contributed by atoms with van der Waals surface area (Å²) in [4.78, 5) is 26.0. The van der Waals surface area contributed by atoms with Gasteiger partial charge >= 0.3 is 0 Å². The van der Waals surface area contributed by atoms with Crippen LogP contribution < -0.4 is 9.64 Å². The number of fused-ring (bicyclic) bond motifs is 1. The summed E-state index contributed by atoms with van der Waals surface area (Å²) in [6.07, 6.45) is 1.59. The maximum atomic E-state index is 12.4. The highest BCUT2D eigenvalue weighted by Gasteiger charge is 2.26. The number of rotatable bonds is 3. The topological polar surface area (TPSA) is 84.6 Å². The fourth-order valence-corrected chi connectivity index (χ4v) is 3.49. The zero-order valence-electron chi connectivity index (χ0n) is 13.0. The second kappa shape index (κ2) is 6.08. The number of anilines is 1. The molecule has 0 atom stereocenters. The summed E-state index contributed by atoms with van der Waals surface area (Å²) in [5, 5.41) is 6.74. The highest BCUT2D eigenvalue weighted by atomic mass is 32.1. The molecule has 0 bridgehead atoms.